The Hall–Kier alpha value is -3.58. The first-order valence-corrected chi connectivity index (χ1v) is 10.2. The summed E-state index contributed by atoms with van der Waals surface area (Å²) in [6, 6.07) is 17.3. The number of carbonyl (C=O) groups is 1. The molecule has 0 unspecified atom stereocenters. The van der Waals surface area contributed by atoms with E-state index in [1.165, 1.54) is 36.4 Å². The zero-order valence-corrected chi connectivity index (χ0v) is 16.3. The smallest absolute Gasteiger partial charge is 0.262 e. The molecule has 0 aliphatic rings. The summed E-state index contributed by atoms with van der Waals surface area (Å²) in [5, 5.41) is 20.0. The molecule has 0 atom stereocenters. The first kappa shape index (κ1) is 20.2. The van der Waals surface area contributed by atoms with Gasteiger partial charge in [0.25, 0.3) is 10.0 Å². The standard InChI is InChI=1S/C22H19NO5S/c1-15-7-11-18(12-8-15)29(27,28)23-21-17(10-14-20(25)22(21)26)9-13-19(24)16-5-3-2-4-6-16/h2-14,23,25-26H,1H3/b13-9+. The topological polar surface area (TPSA) is 104 Å². The number of phenolic OH excluding ortho intramolecular Hbond substituents is 2. The van der Waals surface area contributed by atoms with Gasteiger partial charge in [-0.15, -0.1) is 0 Å². The van der Waals surface area contributed by atoms with Crippen molar-refractivity contribution in [1.29, 1.82) is 0 Å². The molecule has 0 bridgehead atoms. The molecule has 0 spiro atoms. The molecule has 0 amide bonds. The van der Waals surface area contributed by atoms with Crippen LogP contribution in [0.3, 0.4) is 0 Å². The molecule has 3 N–H and O–H groups in total. The highest BCUT2D eigenvalue weighted by Gasteiger charge is 2.20. The van der Waals surface area contributed by atoms with E-state index in [4.69, 9.17) is 0 Å². The van der Waals surface area contributed by atoms with E-state index in [-0.39, 0.29) is 21.9 Å². The quantitative estimate of drug-likeness (QED) is 0.323. The summed E-state index contributed by atoms with van der Waals surface area (Å²) in [4.78, 5) is 12.3. The summed E-state index contributed by atoms with van der Waals surface area (Å²) in [5.74, 6) is -1.40. The van der Waals surface area contributed by atoms with Crippen molar-refractivity contribution in [2.45, 2.75) is 11.8 Å². The normalized spacial score (nSPS) is 11.5. The molecule has 0 saturated heterocycles. The average molecular weight is 409 g/mol. The molecule has 148 valence electrons. The summed E-state index contributed by atoms with van der Waals surface area (Å²) in [7, 11) is -4.02. The van der Waals surface area contributed by atoms with Gasteiger partial charge in [0.1, 0.15) is 5.69 Å². The third-order valence-corrected chi connectivity index (χ3v) is 5.59. The van der Waals surface area contributed by atoms with Crippen LogP contribution in [0.5, 0.6) is 11.5 Å². The zero-order chi connectivity index (χ0) is 21.0. The molecule has 6 nitrogen and oxygen atoms in total. The van der Waals surface area contributed by atoms with Crippen LogP contribution in [0.4, 0.5) is 5.69 Å². The van der Waals surface area contributed by atoms with E-state index < -0.39 is 21.5 Å². The Bertz CT molecular complexity index is 1170. The maximum atomic E-state index is 12.7. The maximum absolute atomic E-state index is 12.7. The lowest BCUT2D eigenvalue weighted by Crippen LogP contribution is -2.14. The molecule has 3 rings (SSSR count). The maximum Gasteiger partial charge on any atom is 0.262 e. The Morgan fingerprint density at radius 1 is 0.931 bits per heavy atom. The number of aromatic hydroxyl groups is 2. The summed E-state index contributed by atoms with van der Waals surface area (Å²) < 4.78 is 27.7. The number of rotatable bonds is 6. The molecule has 0 aliphatic carbocycles. The Labute approximate surface area is 168 Å². The first-order chi connectivity index (χ1) is 13.8. The molecule has 0 radical (unpaired) electrons. The fraction of sp³-hybridized carbons (Fsp3) is 0.0455. The van der Waals surface area contributed by atoms with Gasteiger partial charge in [0.15, 0.2) is 17.3 Å². The number of ketones is 1. The van der Waals surface area contributed by atoms with Gasteiger partial charge in [-0.05, 0) is 43.3 Å². The third kappa shape index (κ3) is 4.64. The van der Waals surface area contributed by atoms with E-state index in [1.807, 2.05) is 6.92 Å². The second-order valence-corrected chi connectivity index (χ2v) is 8.06. The molecule has 0 aliphatic heterocycles. The van der Waals surface area contributed by atoms with Gasteiger partial charge in [0.2, 0.25) is 0 Å². The van der Waals surface area contributed by atoms with Gasteiger partial charge < -0.3 is 10.2 Å². The van der Waals surface area contributed by atoms with Crippen LogP contribution in [0, 0.1) is 6.92 Å². The number of aryl methyl sites for hydroxylation is 1. The lowest BCUT2D eigenvalue weighted by molar-refractivity contribution is 0.104. The fourth-order valence-electron chi connectivity index (χ4n) is 2.62. The summed E-state index contributed by atoms with van der Waals surface area (Å²) in [5.41, 5.74) is 1.36. The van der Waals surface area contributed by atoms with Crippen LogP contribution in [0.1, 0.15) is 21.5 Å². The summed E-state index contributed by atoms with van der Waals surface area (Å²) in [6.07, 6.45) is 2.65. The highest BCUT2D eigenvalue weighted by Crippen LogP contribution is 2.38. The number of anilines is 1. The molecule has 7 heteroatoms. The van der Waals surface area contributed by atoms with E-state index in [9.17, 15) is 23.4 Å². The van der Waals surface area contributed by atoms with Gasteiger partial charge in [-0.25, -0.2) is 8.42 Å². The lowest BCUT2D eigenvalue weighted by atomic mass is 10.1. The summed E-state index contributed by atoms with van der Waals surface area (Å²) in [6.45, 7) is 1.83. The molecule has 3 aromatic rings. The minimum Gasteiger partial charge on any atom is -0.504 e. The minimum atomic E-state index is -4.02. The number of allylic oxidation sites excluding steroid dienone is 1. The van der Waals surface area contributed by atoms with Gasteiger partial charge >= 0.3 is 0 Å². The third-order valence-electron chi connectivity index (χ3n) is 4.23. The average Bonchev–Trinajstić information content (AvgIpc) is 2.71. The number of nitrogens with one attached hydrogen (secondary N) is 1. The number of hydrogen-bond acceptors (Lipinski definition) is 5. The van der Waals surface area contributed by atoms with E-state index in [0.717, 1.165) is 5.56 Å². The molecular weight excluding hydrogens is 390 g/mol. The SMILES string of the molecule is Cc1ccc(S(=O)(=O)Nc2c(/C=C/C(=O)c3ccccc3)ccc(O)c2O)cc1. The molecule has 3 aromatic carbocycles. The molecule has 29 heavy (non-hydrogen) atoms. The second kappa shape index (κ2) is 8.20. The van der Waals surface area contributed by atoms with Crippen LogP contribution in [0.2, 0.25) is 0 Å². The van der Waals surface area contributed by atoms with Gasteiger partial charge in [-0.1, -0.05) is 48.0 Å². The lowest BCUT2D eigenvalue weighted by Gasteiger charge is -2.13. The van der Waals surface area contributed by atoms with Gasteiger partial charge in [0.05, 0.1) is 4.90 Å². The highest BCUT2D eigenvalue weighted by molar-refractivity contribution is 7.92. The number of carbonyl (C=O) groups excluding carboxylic acids is 1. The Morgan fingerprint density at radius 2 is 1.59 bits per heavy atom. The van der Waals surface area contributed by atoms with Crippen molar-refractivity contribution in [2.75, 3.05) is 4.72 Å². The molecule has 0 aromatic heterocycles. The molecular formula is C22H19NO5S. The predicted molar refractivity (Wildman–Crippen MR) is 112 cm³/mol. The van der Waals surface area contributed by atoms with Crippen molar-refractivity contribution in [1.82, 2.24) is 0 Å². The Morgan fingerprint density at radius 3 is 2.24 bits per heavy atom. The number of sulfonamides is 1. The first-order valence-electron chi connectivity index (χ1n) is 8.70. The number of hydrogen-bond donors (Lipinski definition) is 3. The van der Waals surface area contributed by atoms with Crippen LogP contribution in [-0.4, -0.2) is 24.4 Å². The van der Waals surface area contributed by atoms with E-state index in [1.54, 1.807) is 42.5 Å². The highest BCUT2D eigenvalue weighted by atomic mass is 32.2. The van der Waals surface area contributed by atoms with Gasteiger partial charge in [0, 0.05) is 11.1 Å². The molecule has 0 saturated carbocycles. The molecule has 0 heterocycles. The molecule has 0 fully saturated rings. The monoisotopic (exact) mass is 409 g/mol. The van der Waals surface area contributed by atoms with Crippen LogP contribution in [0.25, 0.3) is 6.08 Å². The van der Waals surface area contributed by atoms with E-state index in [0.29, 0.717) is 5.56 Å². The largest absolute Gasteiger partial charge is 0.504 e. The Kier molecular flexibility index (Phi) is 5.70. The fourth-order valence-corrected chi connectivity index (χ4v) is 3.71. The van der Waals surface area contributed by atoms with Crippen LogP contribution in [0.15, 0.2) is 77.7 Å². The van der Waals surface area contributed by atoms with Crippen molar-refractivity contribution in [3.05, 3.63) is 89.5 Å². The van der Waals surface area contributed by atoms with Crippen LogP contribution in [-0.2, 0) is 10.0 Å². The predicted octanol–water partition coefficient (Wildman–Crippen LogP) is 4.10. The van der Waals surface area contributed by atoms with Crippen molar-refractivity contribution in [3.63, 3.8) is 0 Å². The van der Waals surface area contributed by atoms with Crippen molar-refractivity contribution in [3.8, 4) is 11.5 Å². The van der Waals surface area contributed by atoms with Crippen molar-refractivity contribution in [2.24, 2.45) is 0 Å². The minimum absolute atomic E-state index is 0.00105. The zero-order valence-electron chi connectivity index (χ0n) is 15.5. The van der Waals surface area contributed by atoms with E-state index >= 15 is 0 Å². The van der Waals surface area contributed by atoms with E-state index in [2.05, 4.69) is 4.72 Å². The van der Waals surface area contributed by atoms with Crippen molar-refractivity contribution < 1.29 is 23.4 Å². The van der Waals surface area contributed by atoms with Crippen molar-refractivity contribution >= 4 is 27.6 Å². The van der Waals surface area contributed by atoms with Gasteiger partial charge in [-0.2, -0.15) is 0 Å². The Balaban J connectivity index is 1.96. The number of benzene rings is 3. The number of phenols is 2. The van der Waals surface area contributed by atoms with Gasteiger partial charge in [-0.3, -0.25) is 9.52 Å². The summed E-state index contributed by atoms with van der Waals surface area (Å²) >= 11 is 0. The second-order valence-electron chi connectivity index (χ2n) is 6.38. The van der Waals surface area contributed by atoms with Crippen LogP contribution < -0.4 is 4.72 Å². The van der Waals surface area contributed by atoms with Crippen LogP contribution >= 0.6 is 0 Å².